The number of anilines is 1. The molecular weight excluding hydrogens is 296 g/mol. The van der Waals surface area contributed by atoms with Crippen LogP contribution < -0.4 is 10.9 Å². The molecule has 0 saturated heterocycles. The van der Waals surface area contributed by atoms with Crippen LogP contribution in [0.2, 0.25) is 0 Å². The second-order valence-electron chi connectivity index (χ2n) is 5.62. The quantitative estimate of drug-likeness (QED) is 0.664. The highest BCUT2D eigenvalue weighted by molar-refractivity contribution is 5.78. The van der Waals surface area contributed by atoms with Gasteiger partial charge in [0.05, 0.1) is 5.69 Å². The van der Waals surface area contributed by atoms with E-state index in [-0.39, 0.29) is 11.8 Å². The number of hydrogen-bond acceptors (Lipinski definition) is 2. The molecule has 0 aliphatic rings. The first kappa shape index (κ1) is 15.8. The number of para-hydroxylation sites is 1. The minimum atomic E-state index is -0.0449. The number of nitrogens with one attached hydrogen (secondary N) is 2. The molecule has 0 spiro atoms. The van der Waals surface area contributed by atoms with Crippen molar-refractivity contribution >= 4 is 11.6 Å². The van der Waals surface area contributed by atoms with E-state index in [1.54, 1.807) is 0 Å². The van der Waals surface area contributed by atoms with Crippen molar-refractivity contribution in [3.05, 3.63) is 102 Å². The third kappa shape index (κ3) is 4.23. The lowest BCUT2D eigenvalue weighted by molar-refractivity contribution is -0.120. The number of hydrazine groups is 1. The fourth-order valence-electron chi connectivity index (χ4n) is 2.70. The molecule has 2 N–H and O–H groups in total. The zero-order valence-corrected chi connectivity index (χ0v) is 13.4. The van der Waals surface area contributed by atoms with Crippen LogP contribution in [0.3, 0.4) is 0 Å². The highest BCUT2D eigenvalue weighted by atomic mass is 16.2. The summed E-state index contributed by atoms with van der Waals surface area (Å²) >= 11 is 0. The molecule has 0 bridgehead atoms. The van der Waals surface area contributed by atoms with Crippen molar-refractivity contribution in [2.24, 2.45) is 0 Å². The van der Waals surface area contributed by atoms with Gasteiger partial charge in [-0.25, -0.2) is 0 Å². The van der Waals surface area contributed by atoms with E-state index in [2.05, 4.69) is 35.1 Å². The topological polar surface area (TPSA) is 41.1 Å². The normalized spacial score (nSPS) is 10.4. The molecule has 0 aliphatic carbocycles. The third-order valence-electron chi connectivity index (χ3n) is 3.91. The molecule has 0 saturated carbocycles. The number of benzene rings is 3. The lowest BCUT2D eigenvalue weighted by Crippen LogP contribution is -2.30. The molecule has 0 unspecified atom stereocenters. The Labute approximate surface area is 142 Å². The Bertz CT molecular complexity index is 718. The van der Waals surface area contributed by atoms with E-state index in [4.69, 9.17) is 0 Å². The first-order valence-corrected chi connectivity index (χ1v) is 8.03. The third-order valence-corrected chi connectivity index (χ3v) is 3.91. The van der Waals surface area contributed by atoms with Gasteiger partial charge in [-0.2, -0.15) is 0 Å². The van der Waals surface area contributed by atoms with Crippen molar-refractivity contribution in [1.82, 2.24) is 5.43 Å². The zero-order chi connectivity index (χ0) is 16.6. The van der Waals surface area contributed by atoms with Gasteiger partial charge in [0, 0.05) is 12.3 Å². The van der Waals surface area contributed by atoms with Crippen LogP contribution >= 0.6 is 0 Å². The van der Waals surface area contributed by atoms with Crippen LogP contribution in [0.1, 0.15) is 23.5 Å². The maximum Gasteiger partial charge on any atom is 0.239 e. The molecule has 0 aromatic heterocycles. The Kier molecular flexibility index (Phi) is 5.25. The Morgan fingerprint density at radius 3 is 1.67 bits per heavy atom. The Hall–Kier alpha value is -3.07. The number of rotatable bonds is 6. The summed E-state index contributed by atoms with van der Waals surface area (Å²) in [7, 11) is 0. The number of carbonyl (C=O) groups excluding carboxylic acids is 1. The highest BCUT2D eigenvalue weighted by Gasteiger charge is 2.17. The van der Waals surface area contributed by atoms with Crippen molar-refractivity contribution in [2.75, 3.05) is 5.43 Å². The van der Waals surface area contributed by atoms with E-state index < -0.39 is 0 Å². The molecule has 24 heavy (non-hydrogen) atoms. The van der Waals surface area contributed by atoms with Gasteiger partial charge >= 0.3 is 0 Å². The van der Waals surface area contributed by atoms with Gasteiger partial charge in [0.2, 0.25) is 5.91 Å². The molecular formula is C21H20N2O. The van der Waals surface area contributed by atoms with E-state index >= 15 is 0 Å². The summed E-state index contributed by atoms with van der Waals surface area (Å²) in [6, 6.07) is 29.9. The fourth-order valence-corrected chi connectivity index (χ4v) is 2.70. The molecule has 0 aliphatic heterocycles. The minimum Gasteiger partial charge on any atom is -0.299 e. The monoisotopic (exact) mass is 316 g/mol. The molecule has 3 nitrogen and oxygen atoms in total. The van der Waals surface area contributed by atoms with Crippen LogP contribution in [-0.2, 0) is 4.79 Å². The summed E-state index contributed by atoms with van der Waals surface area (Å²) in [6.45, 7) is 0. The molecule has 3 rings (SSSR count). The lowest BCUT2D eigenvalue weighted by Gasteiger charge is -2.18. The van der Waals surface area contributed by atoms with Crippen molar-refractivity contribution in [2.45, 2.75) is 12.3 Å². The van der Waals surface area contributed by atoms with Crippen molar-refractivity contribution < 1.29 is 4.79 Å². The summed E-state index contributed by atoms with van der Waals surface area (Å²) in [5.41, 5.74) is 8.87. The summed E-state index contributed by atoms with van der Waals surface area (Å²) in [6.07, 6.45) is 0.383. The van der Waals surface area contributed by atoms with Gasteiger partial charge in [-0.3, -0.25) is 15.6 Å². The minimum absolute atomic E-state index is 0.0324. The van der Waals surface area contributed by atoms with Gasteiger partial charge in [0.1, 0.15) is 0 Å². The molecule has 0 fully saturated rings. The summed E-state index contributed by atoms with van der Waals surface area (Å²) in [5, 5.41) is 0. The first-order valence-electron chi connectivity index (χ1n) is 8.03. The molecule has 3 heteroatoms. The number of hydrogen-bond donors (Lipinski definition) is 2. The SMILES string of the molecule is O=C(CC(c1ccccc1)c1ccccc1)NNc1ccccc1. The van der Waals surface area contributed by atoms with E-state index in [9.17, 15) is 4.79 Å². The molecule has 3 aromatic carbocycles. The van der Waals surface area contributed by atoms with E-state index in [1.807, 2.05) is 66.7 Å². The Balaban J connectivity index is 1.71. The smallest absolute Gasteiger partial charge is 0.239 e. The molecule has 3 aromatic rings. The summed E-state index contributed by atoms with van der Waals surface area (Å²) in [4.78, 5) is 12.4. The Morgan fingerprint density at radius 2 is 1.17 bits per heavy atom. The highest BCUT2D eigenvalue weighted by Crippen LogP contribution is 2.27. The summed E-state index contributed by atoms with van der Waals surface area (Å²) < 4.78 is 0. The van der Waals surface area contributed by atoms with Gasteiger partial charge in [0.15, 0.2) is 0 Å². The van der Waals surface area contributed by atoms with E-state index in [1.165, 1.54) is 0 Å². The number of carbonyl (C=O) groups is 1. The second-order valence-corrected chi connectivity index (χ2v) is 5.62. The van der Waals surface area contributed by atoms with Gasteiger partial charge in [-0.15, -0.1) is 0 Å². The number of amides is 1. The van der Waals surface area contributed by atoms with Crippen molar-refractivity contribution in [3.63, 3.8) is 0 Å². The largest absolute Gasteiger partial charge is 0.299 e. The maximum absolute atomic E-state index is 12.4. The van der Waals surface area contributed by atoms with Gasteiger partial charge in [-0.1, -0.05) is 78.9 Å². The summed E-state index contributed by atoms with van der Waals surface area (Å²) in [5.74, 6) is -0.0125. The van der Waals surface area contributed by atoms with Crippen LogP contribution in [0.15, 0.2) is 91.0 Å². The van der Waals surface area contributed by atoms with Crippen LogP contribution in [0, 0.1) is 0 Å². The van der Waals surface area contributed by atoms with Gasteiger partial charge < -0.3 is 0 Å². The predicted molar refractivity (Wildman–Crippen MR) is 97.6 cm³/mol. The standard InChI is InChI=1S/C21H20N2O/c24-21(23-22-19-14-8-3-9-15-19)16-20(17-10-4-1-5-11-17)18-12-6-2-7-13-18/h1-15,20,22H,16H2,(H,23,24). The average molecular weight is 316 g/mol. The average Bonchev–Trinajstić information content (AvgIpc) is 2.67. The van der Waals surface area contributed by atoms with Gasteiger partial charge in [0.25, 0.3) is 0 Å². The van der Waals surface area contributed by atoms with Crippen molar-refractivity contribution in [3.8, 4) is 0 Å². The lowest BCUT2D eigenvalue weighted by atomic mass is 9.88. The first-order chi connectivity index (χ1) is 11.8. The van der Waals surface area contributed by atoms with Gasteiger partial charge in [-0.05, 0) is 23.3 Å². The van der Waals surface area contributed by atoms with Crippen LogP contribution in [0.25, 0.3) is 0 Å². The maximum atomic E-state index is 12.4. The molecule has 0 heterocycles. The second kappa shape index (κ2) is 7.97. The van der Waals surface area contributed by atoms with Crippen LogP contribution in [-0.4, -0.2) is 5.91 Å². The molecule has 120 valence electrons. The van der Waals surface area contributed by atoms with Crippen LogP contribution in [0.5, 0.6) is 0 Å². The molecule has 0 radical (unpaired) electrons. The molecule has 1 amide bonds. The molecule has 0 atom stereocenters. The Morgan fingerprint density at radius 1 is 0.708 bits per heavy atom. The zero-order valence-electron chi connectivity index (χ0n) is 13.4. The van der Waals surface area contributed by atoms with E-state index in [0.717, 1.165) is 16.8 Å². The predicted octanol–water partition coefficient (Wildman–Crippen LogP) is 4.35. The van der Waals surface area contributed by atoms with Crippen molar-refractivity contribution in [1.29, 1.82) is 0 Å². The fraction of sp³-hybridized carbons (Fsp3) is 0.0952. The van der Waals surface area contributed by atoms with E-state index in [0.29, 0.717) is 6.42 Å². The van der Waals surface area contributed by atoms with Crippen LogP contribution in [0.4, 0.5) is 5.69 Å².